The summed E-state index contributed by atoms with van der Waals surface area (Å²) < 4.78 is 0. The summed E-state index contributed by atoms with van der Waals surface area (Å²) in [6.07, 6.45) is 5.18. The monoisotopic (exact) mass is 361 g/mol. The minimum Gasteiger partial charge on any atom is -0.371 e. The van der Waals surface area contributed by atoms with Crippen LogP contribution < -0.4 is 15.5 Å². The predicted octanol–water partition coefficient (Wildman–Crippen LogP) is 3.70. The maximum Gasteiger partial charge on any atom is 0.228 e. The van der Waals surface area contributed by atoms with E-state index in [-0.39, 0.29) is 36.6 Å². The zero-order valence-corrected chi connectivity index (χ0v) is 15.6. The van der Waals surface area contributed by atoms with Crippen molar-refractivity contribution in [3.05, 3.63) is 24.3 Å². The third-order valence-corrected chi connectivity index (χ3v) is 4.04. The Morgan fingerprint density at radius 3 is 2.43 bits per heavy atom. The van der Waals surface area contributed by atoms with Crippen LogP contribution in [0.3, 0.4) is 0 Å². The van der Waals surface area contributed by atoms with E-state index >= 15 is 0 Å². The van der Waals surface area contributed by atoms with Crippen molar-refractivity contribution in [2.45, 2.75) is 32.6 Å². The molecule has 0 aliphatic carbocycles. The molecule has 0 aromatic heterocycles. The van der Waals surface area contributed by atoms with E-state index in [1.807, 2.05) is 26.1 Å². The molecule has 1 aromatic rings. The Hall–Kier alpha value is -0.970. The second kappa shape index (κ2) is 11.5. The van der Waals surface area contributed by atoms with Crippen LogP contribution in [0.5, 0.6) is 0 Å². The molecule has 4 nitrogen and oxygen atoms in total. The first-order valence-corrected chi connectivity index (χ1v) is 8.01. The molecule has 1 amide bonds. The van der Waals surface area contributed by atoms with Gasteiger partial charge >= 0.3 is 0 Å². The van der Waals surface area contributed by atoms with E-state index in [0.29, 0.717) is 6.54 Å². The summed E-state index contributed by atoms with van der Waals surface area (Å²) in [6, 6.07) is 8.22. The molecule has 1 unspecified atom stereocenters. The smallest absolute Gasteiger partial charge is 0.228 e. The molecule has 1 atom stereocenters. The van der Waals surface area contributed by atoms with Gasteiger partial charge in [-0.25, -0.2) is 0 Å². The summed E-state index contributed by atoms with van der Waals surface area (Å²) in [6.45, 7) is 4.86. The van der Waals surface area contributed by atoms with E-state index in [1.165, 1.54) is 31.4 Å². The average Bonchev–Trinajstić information content (AvgIpc) is 2.77. The largest absolute Gasteiger partial charge is 0.371 e. The highest BCUT2D eigenvalue weighted by atomic mass is 35.5. The van der Waals surface area contributed by atoms with Gasteiger partial charge in [0.1, 0.15) is 0 Å². The lowest BCUT2D eigenvalue weighted by Crippen LogP contribution is -2.29. The lowest BCUT2D eigenvalue weighted by molar-refractivity contribution is -0.119. The molecule has 23 heavy (non-hydrogen) atoms. The van der Waals surface area contributed by atoms with Crippen LogP contribution in [-0.2, 0) is 4.79 Å². The zero-order chi connectivity index (χ0) is 15.1. The van der Waals surface area contributed by atoms with E-state index in [2.05, 4.69) is 27.7 Å². The number of halogens is 2. The summed E-state index contributed by atoms with van der Waals surface area (Å²) in [4.78, 5) is 14.5. The Kier molecular flexibility index (Phi) is 11.1. The second-order valence-corrected chi connectivity index (χ2v) is 5.90. The molecule has 1 heterocycles. The number of hydrogen-bond donors (Lipinski definition) is 2. The summed E-state index contributed by atoms with van der Waals surface area (Å²) in [7, 11) is 1.86. The second-order valence-electron chi connectivity index (χ2n) is 5.90. The fourth-order valence-corrected chi connectivity index (χ4v) is 2.77. The first-order chi connectivity index (χ1) is 10.2. The minimum atomic E-state index is -0.0307. The molecule has 1 aliphatic rings. The number of amides is 1. The molecule has 0 saturated carbocycles. The fourth-order valence-electron chi connectivity index (χ4n) is 2.77. The van der Waals surface area contributed by atoms with Crippen molar-refractivity contribution in [1.29, 1.82) is 0 Å². The number of nitrogens with one attached hydrogen (secondary N) is 2. The van der Waals surface area contributed by atoms with E-state index in [9.17, 15) is 4.79 Å². The Morgan fingerprint density at radius 2 is 1.83 bits per heavy atom. The van der Waals surface area contributed by atoms with Gasteiger partial charge in [-0.15, -0.1) is 24.8 Å². The van der Waals surface area contributed by atoms with Gasteiger partial charge in [0.15, 0.2) is 0 Å². The SMILES string of the molecule is CNCC(C)C(=O)Nc1cccc(N2CCCCCC2)c1.Cl.Cl. The van der Waals surface area contributed by atoms with E-state index < -0.39 is 0 Å². The Bertz CT molecular complexity index is 463. The van der Waals surface area contributed by atoms with Crippen molar-refractivity contribution >= 4 is 42.1 Å². The number of carbonyl (C=O) groups excluding carboxylic acids is 1. The molecule has 6 heteroatoms. The van der Waals surface area contributed by atoms with Gasteiger partial charge < -0.3 is 15.5 Å². The van der Waals surface area contributed by atoms with Crippen molar-refractivity contribution in [2.75, 3.05) is 36.9 Å². The molecular weight excluding hydrogens is 333 g/mol. The average molecular weight is 362 g/mol. The summed E-state index contributed by atoms with van der Waals surface area (Å²) in [5, 5.41) is 6.05. The highest BCUT2D eigenvalue weighted by Gasteiger charge is 2.13. The maximum absolute atomic E-state index is 12.1. The van der Waals surface area contributed by atoms with Crippen LogP contribution in [0.4, 0.5) is 11.4 Å². The number of hydrogen-bond acceptors (Lipinski definition) is 3. The summed E-state index contributed by atoms with van der Waals surface area (Å²) in [5.74, 6) is 0.0363. The van der Waals surface area contributed by atoms with E-state index in [0.717, 1.165) is 18.8 Å². The highest BCUT2D eigenvalue weighted by Crippen LogP contribution is 2.23. The van der Waals surface area contributed by atoms with Crippen LogP contribution in [0.2, 0.25) is 0 Å². The van der Waals surface area contributed by atoms with Crippen molar-refractivity contribution in [2.24, 2.45) is 5.92 Å². The summed E-state index contributed by atoms with van der Waals surface area (Å²) in [5.41, 5.74) is 2.11. The van der Waals surface area contributed by atoms with Crippen molar-refractivity contribution in [1.82, 2.24) is 5.32 Å². The number of carbonyl (C=O) groups is 1. The van der Waals surface area contributed by atoms with E-state index in [4.69, 9.17) is 0 Å². The molecule has 1 fully saturated rings. The number of benzene rings is 1. The molecule has 1 aromatic carbocycles. The molecule has 1 saturated heterocycles. The standard InChI is InChI=1S/C17H27N3O.2ClH/c1-14(13-18-2)17(21)19-15-8-7-9-16(12-15)20-10-5-3-4-6-11-20;;/h7-9,12,14,18H,3-6,10-11,13H2,1-2H3,(H,19,21);2*1H. The van der Waals surface area contributed by atoms with Crippen LogP contribution in [0.15, 0.2) is 24.3 Å². The predicted molar refractivity (Wildman–Crippen MR) is 103 cm³/mol. The molecule has 0 radical (unpaired) electrons. The summed E-state index contributed by atoms with van der Waals surface area (Å²) >= 11 is 0. The van der Waals surface area contributed by atoms with Gasteiger partial charge in [-0.05, 0) is 38.1 Å². The van der Waals surface area contributed by atoms with E-state index in [1.54, 1.807) is 0 Å². The fraction of sp³-hybridized carbons (Fsp3) is 0.588. The molecule has 0 spiro atoms. The number of rotatable bonds is 5. The quantitative estimate of drug-likeness (QED) is 0.839. The first-order valence-electron chi connectivity index (χ1n) is 8.01. The van der Waals surface area contributed by atoms with Crippen molar-refractivity contribution in [3.63, 3.8) is 0 Å². The molecule has 1 aliphatic heterocycles. The Morgan fingerprint density at radius 1 is 1.17 bits per heavy atom. The highest BCUT2D eigenvalue weighted by molar-refractivity contribution is 5.93. The molecule has 2 N–H and O–H groups in total. The van der Waals surface area contributed by atoms with Crippen LogP contribution in [0.1, 0.15) is 32.6 Å². The third-order valence-electron chi connectivity index (χ3n) is 4.04. The Labute approximate surface area is 152 Å². The first kappa shape index (κ1) is 22.0. The molecule has 0 bridgehead atoms. The lowest BCUT2D eigenvalue weighted by Gasteiger charge is -2.23. The minimum absolute atomic E-state index is 0. The van der Waals surface area contributed by atoms with Gasteiger partial charge in [0, 0.05) is 36.9 Å². The van der Waals surface area contributed by atoms with Gasteiger partial charge in [-0.2, -0.15) is 0 Å². The van der Waals surface area contributed by atoms with Crippen LogP contribution in [-0.4, -0.2) is 32.6 Å². The topological polar surface area (TPSA) is 44.4 Å². The van der Waals surface area contributed by atoms with Crippen LogP contribution in [0, 0.1) is 5.92 Å². The van der Waals surface area contributed by atoms with Gasteiger partial charge in [0.2, 0.25) is 5.91 Å². The normalized spacial score (nSPS) is 15.7. The number of nitrogens with zero attached hydrogens (tertiary/aromatic N) is 1. The van der Waals surface area contributed by atoms with Crippen LogP contribution in [0.25, 0.3) is 0 Å². The molecule has 2 rings (SSSR count). The third kappa shape index (κ3) is 6.98. The zero-order valence-electron chi connectivity index (χ0n) is 14.0. The van der Waals surface area contributed by atoms with Crippen molar-refractivity contribution in [3.8, 4) is 0 Å². The molecule has 132 valence electrons. The van der Waals surface area contributed by atoms with Gasteiger partial charge in [-0.3, -0.25) is 4.79 Å². The maximum atomic E-state index is 12.1. The van der Waals surface area contributed by atoms with Gasteiger partial charge in [0.05, 0.1) is 0 Å². The Balaban J connectivity index is 0.00000242. The van der Waals surface area contributed by atoms with Crippen LogP contribution >= 0.6 is 24.8 Å². The van der Waals surface area contributed by atoms with Gasteiger partial charge in [-0.1, -0.05) is 25.8 Å². The molecular formula is C17H29Cl2N3O. The lowest BCUT2D eigenvalue weighted by atomic mass is 10.1. The van der Waals surface area contributed by atoms with Crippen molar-refractivity contribution < 1.29 is 4.79 Å². The number of anilines is 2. The van der Waals surface area contributed by atoms with Gasteiger partial charge in [0.25, 0.3) is 0 Å².